The lowest BCUT2D eigenvalue weighted by Crippen LogP contribution is -2.48. The molecular formula is C24H33FIN3O2. The highest BCUT2D eigenvalue weighted by molar-refractivity contribution is 14.0. The summed E-state index contributed by atoms with van der Waals surface area (Å²) in [5, 5.41) is 6.84. The molecule has 1 heterocycles. The second-order valence-corrected chi connectivity index (χ2v) is 7.76. The fraction of sp³-hybridized carbons (Fsp3) is 0.458. The van der Waals surface area contributed by atoms with Gasteiger partial charge in [-0.25, -0.2) is 9.38 Å². The standard InChI is InChI=1S/C24H32FN3O2.HI/c1-4-26-23(27-16-19-6-5-18(2)15-22(19)29-3)28-17-24(11-13-30-14-12-24)20-7-9-21(25)10-8-20;/h5-10,15H,4,11-14,16-17H2,1-3H3,(H2,26,27,28);1H. The summed E-state index contributed by atoms with van der Waals surface area (Å²) < 4.78 is 24.6. The maximum atomic E-state index is 13.5. The van der Waals surface area contributed by atoms with Crippen molar-refractivity contribution in [3.8, 4) is 5.75 Å². The topological polar surface area (TPSA) is 54.9 Å². The fourth-order valence-electron chi connectivity index (χ4n) is 3.87. The van der Waals surface area contributed by atoms with Gasteiger partial charge in [-0.05, 0) is 56.0 Å². The lowest BCUT2D eigenvalue weighted by Gasteiger charge is -2.38. The van der Waals surface area contributed by atoms with Crippen LogP contribution in [0.15, 0.2) is 47.5 Å². The first-order chi connectivity index (χ1) is 14.6. The summed E-state index contributed by atoms with van der Waals surface area (Å²) in [5.41, 5.74) is 3.23. The van der Waals surface area contributed by atoms with Crippen LogP contribution in [-0.2, 0) is 16.7 Å². The van der Waals surface area contributed by atoms with E-state index in [0.29, 0.717) is 26.3 Å². The highest BCUT2D eigenvalue weighted by atomic mass is 127. The first-order valence-electron chi connectivity index (χ1n) is 10.6. The number of aryl methyl sites for hydroxylation is 1. The van der Waals surface area contributed by atoms with Gasteiger partial charge in [-0.15, -0.1) is 24.0 Å². The monoisotopic (exact) mass is 541 g/mol. The second kappa shape index (κ2) is 12.2. The quantitative estimate of drug-likeness (QED) is 0.307. The fourth-order valence-corrected chi connectivity index (χ4v) is 3.87. The third-order valence-corrected chi connectivity index (χ3v) is 5.70. The first-order valence-corrected chi connectivity index (χ1v) is 10.6. The van der Waals surface area contributed by atoms with Crippen molar-refractivity contribution in [1.82, 2.24) is 10.6 Å². The van der Waals surface area contributed by atoms with Gasteiger partial charge < -0.3 is 20.1 Å². The molecule has 0 unspecified atom stereocenters. The smallest absolute Gasteiger partial charge is 0.191 e. The van der Waals surface area contributed by atoms with Crippen LogP contribution in [0.25, 0.3) is 0 Å². The van der Waals surface area contributed by atoms with E-state index in [2.05, 4.69) is 22.8 Å². The largest absolute Gasteiger partial charge is 0.496 e. The molecule has 2 N–H and O–H groups in total. The number of benzene rings is 2. The molecule has 3 rings (SSSR count). The summed E-state index contributed by atoms with van der Waals surface area (Å²) in [6.07, 6.45) is 1.77. The second-order valence-electron chi connectivity index (χ2n) is 7.76. The number of guanidine groups is 1. The van der Waals surface area contributed by atoms with Gasteiger partial charge in [-0.3, -0.25) is 0 Å². The number of nitrogens with one attached hydrogen (secondary N) is 2. The van der Waals surface area contributed by atoms with Crippen molar-refractivity contribution in [2.75, 3.05) is 33.4 Å². The van der Waals surface area contributed by atoms with Gasteiger partial charge in [0, 0.05) is 37.3 Å². The molecule has 1 aliphatic heterocycles. The lowest BCUT2D eigenvalue weighted by molar-refractivity contribution is 0.0513. The summed E-state index contributed by atoms with van der Waals surface area (Å²) in [6.45, 7) is 7.49. The number of aliphatic imine (C=N–C) groups is 1. The maximum Gasteiger partial charge on any atom is 0.191 e. The number of rotatable bonds is 7. The predicted molar refractivity (Wildman–Crippen MR) is 134 cm³/mol. The van der Waals surface area contributed by atoms with E-state index in [1.807, 2.05) is 32.0 Å². The molecule has 1 saturated heterocycles. The minimum Gasteiger partial charge on any atom is -0.496 e. The van der Waals surface area contributed by atoms with Gasteiger partial charge in [-0.1, -0.05) is 24.3 Å². The van der Waals surface area contributed by atoms with E-state index < -0.39 is 0 Å². The Morgan fingerprint density at radius 2 is 1.84 bits per heavy atom. The van der Waals surface area contributed by atoms with Gasteiger partial charge >= 0.3 is 0 Å². The van der Waals surface area contributed by atoms with Crippen LogP contribution in [0, 0.1) is 12.7 Å². The van der Waals surface area contributed by atoms with Crippen LogP contribution in [-0.4, -0.2) is 39.4 Å². The van der Waals surface area contributed by atoms with E-state index in [1.165, 1.54) is 12.1 Å². The Balaban J connectivity index is 0.00000341. The minimum atomic E-state index is -0.212. The molecule has 1 fully saturated rings. The van der Waals surface area contributed by atoms with Crippen molar-refractivity contribution in [3.05, 3.63) is 65.0 Å². The SMILES string of the molecule is CCNC(=NCc1ccc(C)cc1OC)NCC1(c2ccc(F)cc2)CCOCC1.I. The average Bonchev–Trinajstić information content (AvgIpc) is 2.77. The zero-order valence-corrected chi connectivity index (χ0v) is 20.9. The van der Waals surface area contributed by atoms with Crippen LogP contribution in [0.2, 0.25) is 0 Å². The number of nitrogens with zero attached hydrogens (tertiary/aromatic N) is 1. The molecule has 0 saturated carbocycles. The Morgan fingerprint density at radius 1 is 1.13 bits per heavy atom. The molecule has 0 aromatic heterocycles. The van der Waals surface area contributed by atoms with Gasteiger partial charge in [0.15, 0.2) is 5.96 Å². The van der Waals surface area contributed by atoms with Gasteiger partial charge in [0.2, 0.25) is 0 Å². The Morgan fingerprint density at radius 3 is 2.48 bits per heavy atom. The van der Waals surface area contributed by atoms with Gasteiger partial charge in [0.05, 0.1) is 13.7 Å². The molecule has 0 bridgehead atoms. The molecule has 0 radical (unpaired) electrons. The van der Waals surface area contributed by atoms with E-state index in [0.717, 1.165) is 47.8 Å². The lowest BCUT2D eigenvalue weighted by atomic mass is 9.74. The summed E-state index contributed by atoms with van der Waals surface area (Å²) in [6, 6.07) is 13.0. The van der Waals surface area contributed by atoms with E-state index in [-0.39, 0.29) is 35.2 Å². The van der Waals surface area contributed by atoms with Gasteiger partial charge in [-0.2, -0.15) is 0 Å². The minimum absolute atomic E-state index is 0. The Bertz CT molecular complexity index is 852. The van der Waals surface area contributed by atoms with Crippen molar-refractivity contribution in [2.24, 2.45) is 4.99 Å². The third kappa shape index (κ3) is 6.80. The summed E-state index contributed by atoms with van der Waals surface area (Å²) in [5.74, 6) is 1.39. The zero-order valence-electron chi connectivity index (χ0n) is 18.5. The molecule has 0 aliphatic carbocycles. The van der Waals surface area contributed by atoms with Crippen LogP contribution >= 0.6 is 24.0 Å². The van der Waals surface area contributed by atoms with Gasteiger partial charge in [0.25, 0.3) is 0 Å². The summed E-state index contributed by atoms with van der Waals surface area (Å²) in [4.78, 5) is 4.77. The van der Waals surface area contributed by atoms with Crippen molar-refractivity contribution in [3.63, 3.8) is 0 Å². The number of hydrogen-bond acceptors (Lipinski definition) is 3. The van der Waals surface area contributed by atoms with Crippen LogP contribution < -0.4 is 15.4 Å². The van der Waals surface area contributed by atoms with E-state index >= 15 is 0 Å². The van der Waals surface area contributed by atoms with Crippen LogP contribution in [0.4, 0.5) is 4.39 Å². The van der Waals surface area contributed by atoms with Crippen molar-refractivity contribution < 1.29 is 13.9 Å². The number of ether oxygens (including phenoxy) is 2. The summed E-state index contributed by atoms with van der Waals surface area (Å²) >= 11 is 0. The molecule has 0 atom stereocenters. The van der Waals surface area contributed by atoms with Crippen molar-refractivity contribution in [2.45, 2.75) is 38.6 Å². The third-order valence-electron chi connectivity index (χ3n) is 5.70. The molecule has 2 aromatic carbocycles. The van der Waals surface area contributed by atoms with Crippen LogP contribution in [0.3, 0.4) is 0 Å². The normalized spacial score (nSPS) is 15.7. The molecule has 0 amide bonds. The van der Waals surface area contributed by atoms with Gasteiger partial charge in [0.1, 0.15) is 11.6 Å². The Kier molecular flexibility index (Phi) is 10.0. The van der Waals surface area contributed by atoms with Crippen LogP contribution in [0.1, 0.15) is 36.5 Å². The molecule has 2 aromatic rings. The Hall–Kier alpha value is -1.87. The van der Waals surface area contributed by atoms with Crippen molar-refractivity contribution in [1.29, 1.82) is 0 Å². The molecule has 7 heteroatoms. The van der Waals surface area contributed by atoms with Crippen molar-refractivity contribution >= 4 is 29.9 Å². The Labute approximate surface area is 201 Å². The number of hydrogen-bond donors (Lipinski definition) is 2. The zero-order chi connectivity index (χ0) is 21.4. The highest BCUT2D eigenvalue weighted by Crippen LogP contribution is 2.34. The summed E-state index contributed by atoms with van der Waals surface area (Å²) in [7, 11) is 1.68. The predicted octanol–water partition coefficient (Wildman–Crippen LogP) is 4.56. The van der Waals surface area contributed by atoms with E-state index in [1.54, 1.807) is 7.11 Å². The molecule has 5 nitrogen and oxygen atoms in total. The number of halogens is 2. The molecule has 0 spiro atoms. The maximum absolute atomic E-state index is 13.5. The van der Waals surface area contributed by atoms with E-state index in [4.69, 9.17) is 14.5 Å². The first kappa shape index (κ1) is 25.4. The highest BCUT2D eigenvalue weighted by Gasteiger charge is 2.34. The molecule has 31 heavy (non-hydrogen) atoms. The number of methoxy groups -OCH3 is 1. The van der Waals surface area contributed by atoms with Crippen LogP contribution in [0.5, 0.6) is 5.75 Å². The van der Waals surface area contributed by atoms with E-state index in [9.17, 15) is 4.39 Å². The molecule has 170 valence electrons. The molecular weight excluding hydrogens is 508 g/mol. The average molecular weight is 541 g/mol. The molecule has 1 aliphatic rings.